The van der Waals surface area contributed by atoms with Crippen LogP contribution in [0, 0.1) is 5.92 Å². The summed E-state index contributed by atoms with van der Waals surface area (Å²) in [5.74, 6) is 1.55. The van der Waals surface area contributed by atoms with Gasteiger partial charge in [-0.2, -0.15) is 0 Å². The number of hydrogen-bond acceptors (Lipinski definition) is 3. The average molecular weight is 287 g/mol. The van der Waals surface area contributed by atoms with Gasteiger partial charge < -0.3 is 9.84 Å². The number of aliphatic hydroxyl groups is 1. The maximum atomic E-state index is 10.8. The molecular weight excluding hydrogens is 262 g/mol. The topological polar surface area (TPSA) is 32.7 Å². The monoisotopic (exact) mass is 287 g/mol. The minimum absolute atomic E-state index is 0.361. The quantitative estimate of drug-likeness (QED) is 0.908. The second kappa shape index (κ2) is 5.29. The first kappa shape index (κ1) is 13.6. The maximum absolute atomic E-state index is 10.8. The van der Waals surface area contributed by atoms with Crippen LogP contribution in [0.4, 0.5) is 0 Å². The minimum Gasteiger partial charge on any atom is -0.493 e. The third-order valence-corrected chi connectivity index (χ3v) is 5.67. The molecule has 1 N–H and O–H groups in total. The first-order valence-corrected chi connectivity index (χ1v) is 8.42. The second-order valence-corrected chi connectivity index (χ2v) is 7.07. The Bertz CT molecular complexity index is 530. The molecule has 2 heterocycles. The summed E-state index contributed by atoms with van der Waals surface area (Å²) >= 11 is 0. The number of benzene rings is 1. The van der Waals surface area contributed by atoms with Gasteiger partial charge in [0.05, 0.1) is 12.2 Å². The van der Waals surface area contributed by atoms with Crippen molar-refractivity contribution in [2.45, 2.75) is 50.7 Å². The van der Waals surface area contributed by atoms with Crippen LogP contribution in [-0.2, 0) is 13.0 Å². The highest BCUT2D eigenvalue weighted by Gasteiger charge is 2.42. The molecule has 1 aromatic carbocycles. The van der Waals surface area contributed by atoms with Crippen molar-refractivity contribution in [3.63, 3.8) is 0 Å². The predicted molar refractivity (Wildman–Crippen MR) is 82.4 cm³/mol. The van der Waals surface area contributed by atoms with Gasteiger partial charge in [-0.25, -0.2) is 0 Å². The third kappa shape index (κ3) is 2.58. The lowest BCUT2D eigenvalue weighted by atomic mass is 9.71. The van der Waals surface area contributed by atoms with E-state index in [1.54, 1.807) is 0 Å². The van der Waals surface area contributed by atoms with Crippen LogP contribution in [0.2, 0.25) is 0 Å². The Hall–Kier alpha value is -1.06. The van der Waals surface area contributed by atoms with Gasteiger partial charge in [-0.05, 0) is 36.5 Å². The summed E-state index contributed by atoms with van der Waals surface area (Å²) in [5.41, 5.74) is 2.39. The SMILES string of the molecule is OC12CCCCC1CN(Cc1ccc3c(c1)CCO3)CC2. The van der Waals surface area contributed by atoms with Gasteiger partial charge in [0.15, 0.2) is 0 Å². The summed E-state index contributed by atoms with van der Waals surface area (Å²) in [6.07, 6.45) is 6.71. The van der Waals surface area contributed by atoms with Crippen LogP contribution in [0.1, 0.15) is 43.2 Å². The van der Waals surface area contributed by atoms with Gasteiger partial charge >= 0.3 is 0 Å². The van der Waals surface area contributed by atoms with E-state index < -0.39 is 0 Å². The van der Waals surface area contributed by atoms with Gasteiger partial charge in [0.2, 0.25) is 0 Å². The first-order chi connectivity index (χ1) is 10.2. The Morgan fingerprint density at radius 3 is 3.19 bits per heavy atom. The fraction of sp³-hybridized carbons (Fsp3) is 0.667. The zero-order valence-electron chi connectivity index (χ0n) is 12.7. The molecule has 114 valence electrons. The van der Waals surface area contributed by atoms with Crippen LogP contribution in [0.25, 0.3) is 0 Å². The van der Waals surface area contributed by atoms with Gasteiger partial charge in [-0.3, -0.25) is 4.90 Å². The number of hydrogen-bond donors (Lipinski definition) is 1. The van der Waals surface area contributed by atoms with Crippen molar-refractivity contribution in [1.82, 2.24) is 4.90 Å². The number of ether oxygens (including phenoxy) is 1. The van der Waals surface area contributed by atoms with E-state index >= 15 is 0 Å². The van der Waals surface area contributed by atoms with Crippen molar-refractivity contribution in [2.24, 2.45) is 5.92 Å². The molecule has 2 aliphatic heterocycles. The Kier molecular flexibility index (Phi) is 3.43. The Morgan fingerprint density at radius 1 is 1.29 bits per heavy atom. The number of fused-ring (bicyclic) bond motifs is 2. The molecule has 1 saturated heterocycles. The van der Waals surface area contributed by atoms with Gasteiger partial charge in [-0.15, -0.1) is 0 Å². The summed E-state index contributed by atoms with van der Waals surface area (Å²) < 4.78 is 5.58. The summed E-state index contributed by atoms with van der Waals surface area (Å²) in [5, 5.41) is 10.8. The smallest absolute Gasteiger partial charge is 0.122 e. The van der Waals surface area contributed by atoms with E-state index in [0.29, 0.717) is 5.92 Å². The van der Waals surface area contributed by atoms with Gasteiger partial charge in [0, 0.05) is 32.0 Å². The highest BCUT2D eigenvalue weighted by Crippen LogP contribution is 2.40. The lowest BCUT2D eigenvalue weighted by Crippen LogP contribution is -2.52. The molecule has 3 heteroatoms. The number of nitrogens with zero attached hydrogens (tertiary/aromatic N) is 1. The fourth-order valence-electron chi connectivity index (χ4n) is 4.38. The van der Waals surface area contributed by atoms with Crippen molar-refractivity contribution < 1.29 is 9.84 Å². The highest BCUT2D eigenvalue weighted by atomic mass is 16.5. The van der Waals surface area contributed by atoms with Gasteiger partial charge in [-0.1, -0.05) is 25.0 Å². The standard InChI is InChI=1S/C18H25NO2/c20-18-7-2-1-3-16(18)13-19(9-8-18)12-14-4-5-17-15(11-14)6-10-21-17/h4-5,11,16,20H,1-3,6-10,12-13H2. The molecule has 1 aliphatic carbocycles. The molecule has 0 spiro atoms. The van der Waals surface area contributed by atoms with E-state index in [2.05, 4.69) is 23.1 Å². The maximum Gasteiger partial charge on any atom is 0.122 e. The van der Waals surface area contributed by atoms with E-state index in [9.17, 15) is 5.11 Å². The summed E-state index contributed by atoms with van der Waals surface area (Å²) in [7, 11) is 0. The van der Waals surface area contributed by atoms with Crippen molar-refractivity contribution in [3.05, 3.63) is 29.3 Å². The van der Waals surface area contributed by atoms with E-state index in [-0.39, 0.29) is 5.60 Å². The van der Waals surface area contributed by atoms with Crippen molar-refractivity contribution in [2.75, 3.05) is 19.7 Å². The largest absolute Gasteiger partial charge is 0.493 e. The molecule has 2 atom stereocenters. The van der Waals surface area contributed by atoms with E-state index in [1.807, 2.05) is 0 Å². The van der Waals surface area contributed by atoms with Crippen molar-refractivity contribution in [1.29, 1.82) is 0 Å². The molecule has 3 aliphatic rings. The molecule has 0 radical (unpaired) electrons. The van der Waals surface area contributed by atoms with Crippen LogP contribution in [-0.4, -0.2) is 35.3 Å². The molecule has 0 amide bonds. The normalized spacial score (nSPS) is 32.3. The first-order valence-electron chi connectivity index (χ1n) is 8.42. The summed E-state index contributed by atoms with van der Waals surface area (Å²) in [6.45, 7) is 3.93. The Balaban J connectivity index is 1.44. The molecule has 0 aromatic heterocycles. The zero-order chi connectivity index (χ0) is 14.3. The molecular formula is C18H25NO2. The van der Waals surface area contributed by atoms with E-state index in [0.717, 1.165) is 51.3 Å². The number of piperidine rings is 1. The Morgan fingerprint density at radius 2 is 2.24 bits per heavy atom. The van der Waals surface area contributed by atoms with E-state index in [4.69, 9.17) is 4.74 Å². The molecule has 2 unspecified atom stereocenters. The summed E-state index contributed by atoms with van der Waals surface area (Å²) in [6, 6.07) is 6.63. The number of rotatable bonds is 2. The van der Waals surface area contributed by atoms with Crippen LogP contribution >= 0.6 is 0 Å². The predicted octanol–water partition coefficient (Wildman–Crippen LogP) is 2.75. The van der Waals surface area contributed by atoms with E-state index in [1.165, 1.54) is 30.4 Å². The Labute approximate surface area is 126 Å². The van der Waals surface area contributed by atoms with Crippen molar-refractivity contribution >= 4 is 0 Å². The van der Waals surface area contributed by atoms with Gasteiger partial charge in [0.1, 0.15) is 5.75 Å². The van der Waals surface area contributed by atoms with Crippen LogP contribution in [0.15, 0.2) is 18.2 Å². The van der Waals surface area contributed by atoms with Crippen LogP contribution in [0.5, 0.6) is 5.75 Å². The van der Waals surface area contributed by atoms with Crippen LogP contribution < -0.4 is 4.74 Å². The van der Waals surface area contributed by atoms with Crippen molar-refractivity contribution in [3.8, 4) is 5.75 Å². The molecule has 1 aromatic rings. The number of likely N-dealkylation sites (tertiary alicyclic amines) is 1. The molecule has 1 saturated carbocycles. The van der Waals surface area contributed by atoms with Crippen LogP contribution in [0.3, 0.4) is 0 Å². The second-order valence-electron chi connectivity index (χ2n) is 7.07. The summed E-state index contributed by atoms with van der Waals surface area (Å²) in [4.78, 5) is 2.53. The fourth-order valence-corrected chi connectivity index (χ4v) is 4.38. The molecule has 2 fully saturated rings. The molecule has 0 bridgehead atoms. The average Bonchev–Trinajstić information content (AvgIpc) is 2.95. The zero-order valence-corrected chi connectivity index (χ0v) is 12.7. The molecule has 3 nitrogen and oxygen atoms in total. The minimum atomic E-state index is -0.361. The lowest BCUT2D eigenvalue weighted by Gasteiger charge is -2.47. The third-order valence-electron chi connectivity index (χ3n) is 5.67. The molecule has 21 heavy (non-hydrogen) atoms. The van der Waals surface area contributed by atoms with Gasteiger partial charge in [0.25, 0.3) is 0 Å². The lowest BCUT2D eigenvalue weighted by molar-refractivity contribution is -0.0967. The molecule has 4 rings (SSSR count). The highest BCUT2D eigenvalue weighted by molar-refractivity contribution is 5.39.